The van der Waals surface area contributed by atoms with Gasteiger partial charge in [-0.15, -0.1) is 0 Å². The number of benzene rings is 1. The molecule has 0 unspecified atom stereocenters. The largest absolute Gasteiger partial charge is 0.383 e. The van der Waals surface area contributed by atoms with E-state index in [0.29, 0.717) is 25.3 Å². The molecule has 0 atom stereocenters. The average Bonchev–Trinajstić information content (AvgIpc) is 2.31. The zero-order valence-electron chi connectivity index (χ0n) is 9.73. The molecule has 0 fully saturated rings. The molecule has 1 amide bonds. The number of carbonyl (C=O) groups is 1. The van der Waals surface area contributed by atoms with Crippen molar-refractivity contribution >= 4 is 11.6 Å². The Morgan fingerprint density at radius 3 is 2.72 bits per heavy atom. The lowest BCUT2D eigenvalue weighted by Crippen LogP contribution is -2.30. The molecule has 0 aromatic heterocycles. The monoisotopic (exact) mass is 262 g/mol. The fraction of sp³-hybridized carbons (Fsp3) is 0.364. The van der Waals surface area contributed by atoms with Crippen molar-refractivity contribution in [3.05, 3.63) is 29.6 Å². The van der Waals surface area contributed by atoms with Crippen molar-refractivity contribution < 1.29 is 22.7 Å². The fourth-order valence-electron chi connectivity index (χ4n) is 1.22. The third kappa shape index (κ3) is 4.34. The van der Waals surface area contributed by atoms with E-state index >= 15 is 0 Å². The summed E-state index contributed by atoms with van der Waals surface area (Å²) in [4.78, 5) is 11.3. The number of hydrogen-bond acceptors (Lipinski definition) is 3. The summed E-state index contributed by atoms with van der Waals surface area (Å²) >= 11 is 0. The van der Waals surface area contributed by atoms with Crippen molar-refractivity contribution in [2.75, 3.05) is 32.1 Å². The third-order valence-corrected chi connectivity index (χ3v) is 2.04. The van der Waals surface area contributed by atoms with Gasteiger partial charge in [-0.25, -0.2) is 13.2 Å². The second-order valence-corrected chi connectivity index (χ2v) is 3.47. The predicted molar refractivity (Wildman–Crippen MR) is 59.7 cm³/mol. The van der Waals surface area contributed by atoms with Gasteiger partial charge in [0.05, 0.1) is 18.8 Å². The summed E-state index contributed by atoms with van der Waals surface area (Å²) in [6.45, 7) is 0.737. The SMILES string of the molecule is COCCNCC(=O)Nc1cc(F)cc(F)c1F. The first-order chi connectivity index (χ1) is 8.54. The molecule has 0 heterocycles. The molecular formula is C11H13F3N2O2. The van der Waals surface area contributed by atoms with Crippen molar-refractivity contribution in [2.24, 2.45) is 0 Å². The molecular weight excluding hydrogens is 249 g/mol. The van der Waals surface area contributed by atoms with Gasteiger partial charge in [-0.1, -0.05) is 0 Å². The molecule has 0 aliphatic rings. The number of methoxy groups -OCH3 is 1. The molecule has 2 N–H and O–H groups in total. The molecule has 1 aromatic rings. The van der Waals surface area contributed by atoms with Crippen LogP contribution in [0.1, 0.15) is 0 Å². The Kier molecular flexibility index (Phi) is 5.60. The Bertz CT molecular complexity index is 427. The summed E-state index contributed by atoms with van der Waals surface area (Å²) in [5, 5.41) is 4.78. The standard InChI is InChI=1S/C11H13F3N2O2/c1-18-3-2-15-6-10(17)16-9-5-7(12)4-8(13)11(9)14/h4-5,15H,2-3,6H2,1H3,(H,16,17). The van der Waals surface area contributed by atoms with Crippen molar-refractivity contribution in [3.8, 4) is 0 Å². The lowest BCUT2D eigenvalue weighted by atomic mass is 10.2. The van der Waals surface area contributed by atoms with Gasteiger partial charge in [0.25, 0.3) is 0 Å². The minimum atomic E-state index is -1.35. The maximum absolute atomic E-state index is 13.2. The van der Waals surface area contributed by atoms with Crippen LogP contribution in [0.2, 0.25) is 0 Å². The molecule has 18 heavy (non-hydrogen) atoms. The van der Waals surface area contributed by atoms with Crippen LogP contribution in [0.5, 0.6) is 0 Å². The maximum atomic E-state index is 13.2. The normalized spacial score (nSPS) is 10.4. The van der Waals surface area contributed by atoms with E-state index in [0.717, 1.165) is 0 Å². The number of hydrogen-bond donors (Lipinski definition) is 2. The lowest BCUT2D eigenvalue weighted by molar-refractivity contribution is -0.115. The van der Waals surface area contributed by atoms with Crippen molar-refractivity contribution in [2.45, 2.75) is 0 Å². The Labute approximate surface area is 102 Å². The van der Waals surface area contributed by atoms with Gasteiger partial charge in [-0.3, -0.25) is 4.79 Å². The van der Waals surface area contributed by atoms with E-state index in [1.54, 1.807) is 0 Å². The molecule has 4 nitrogen and oxygen atoms in total. The molecule has 0 saturated carbocycles. The Morgan fingerprint density at radius 2 is 2.06 bits per heavy atom. The quantitative estimate of drug-likeness (QED) is 0.600. The smallest absolute Gasteiger partial charge is 0.238 e. The van der Waals surface area contributed by atoms with Crippen LogP contribution in [0.3, 0.4) is 0 Å². The number of halogens is 3. The maximum Gasteiger partial charge on any atom is 0.238 e. The van der Waals surface area contributed by atoms with Crippen LogP contribution < -0.4 is 10.6 Å². The van der Waals surface area contributed by atoms with Gasteiger partial charge in [-0.2, -0.15) is 0 Å². The van der Waals surface area contributed by atoms with E-state index in [9.17, 15) is 18.0 Å². The van der Waals surface area contributed by atoms with Crippen LogP contribution in [0.4, 0.5) is 18.9 Å². The highest BCUT2D eigenvalue weighted by atomic mass is 19.2. The number of amides is 1. The molecule has 0 spiro atoms. The predicted octanol–water partition coefficient (Wildman–Crippen LogP) is 1.28. The van der Waals surface area contributed by atoms with E-state index < -0.39 is 29.0 Å². The number of carbonyl (C=O) groups excluding carboxylic acids is 1. The molecule has 0 saturated heterocycles. The number of nitrogens with one attached hydrogen (secondary N) is 2. The van der Waals surface area contributed by atoms with E-state index in [1.807, 2.05) is 0 Å². The highest BCUT2D eigenvalue weighted by Gasteiger charge is 2.13. The molecule has 0 aliphatic heterocycles. The number of rotatable bonds is 6. The fourth-order valence-corrected chi connectivity index (χ4v) is 1.22. The van der Waals surface area contributed by atoms with Crippen molar-refractivity contribution in [1.29, 1.82) is 0 Å². The van der Waals surface area contributed by atoms with Crippen LogP contribution >= 0.6 is 0 Å². The van der Waals surface area contributed by atoms with Gasteiger partial charge in [0, 0.05) is 25.8 Å². The van der Waals surface area contributed by atoms with Crippen molar-refractivity contribution in [3.63, 3.8) is 0 Å². The zero-order valence-corrected chi connectivity index (χ0v) is 9.73. The number of ether oxygens (including phenoxy) is 1. The van der Waals surface area contributed by atoms with Gasteiger partial charge in [0.1, 0.15) is 5.82 Å². The first-order valence-corrected chi connectivity index (χ1v) is 5.18. The van der Waals surface area contributed by atoms with Gasteiger partial charge in [-0.05, 0) is 0 Å². The van der Waals surface area contributed by atoms with Crippen LogP contribution in [-0.4, -0.2) is 32.7 Å². The van der Waals surface area contributed by atoms with Gasteiger partial charge >= 0.3 is 0 Å². The lowest BCUT2D eigenvalue weighted by Gasteiger charge is -2.08. The molecule has 0 bridgehead atoms. The zero-order chi connectivity index (χ0) is 13.5. The minimum absolute atomic E-state index is 0.110. The van der Waals surface area contributed by atoms with Gasteiger partial charge < -0.3 is 15.4 Å². The summed E-state index contributed by atoms with van der Waals surface area (Å²) in [5.41, 5.74) is -0.522. The molecule has 7 heteroatoms. The number of anilines is 1. The first kappa shape index (κ1) is 14.5. The van der Waals surface area contributed by atoms with Gasteiger partial charge in [0.15, 0.2) is 11.6 Å². The van der Waals surface area contributed by atoms with E-state index in [2.05, 4.69) is 10.6 Å². The van der Waals surface area contributed by atoms with Crippen LogP contribution in [0, 0.1) is 17.5 Å². The average molecular weight is 262 g/mol. The van der Waals surface area contributed by atoms with E-state index in [4.69, 9.17) is 4.74 Å². The minimum Gasteiger partial charge on any atom is -0.383 e. The first-order valence-electron chi connectivity index (χ1n) is 5.18. The molecule has 1 aromatic carbocycles. The second-order valence-electron chi connectivity index (χ2n) is 3.47. The Morgan fingerprint density at radius 1 is 1.33 bits per heavy atom. The van der Waals surface area contributed by atoms with Crippen molar-refractivity contribution in [1.82, 2.24) is 5.32 Å². The summed E-state index contributed by atoms with van der Waals surface area (Å²) in [6.07, 6.45) is 0. The van der Waals surface area contributed by atoms with Gasteiger partial charge in [0.2, 0.25) is 5.91 Å². The topological polar surface area (TPSA) is 50.4 Å². The molecule has 100 valence electrons. The molecule has 0 aliphatic carbocycles. The Balaban J connectivity index is 2.54. The van der Waals surface area contributed by atoms with E-state index in [-0.39, 0.29) is 6.54 Å². The third-order valence-electron chi connectivity index (χ3n) is 2.04. The van der Waals surface area contributed by atoms with Crippen LogP contribution in [0.25, 0.3) is 0 Å². The second kappa shape index (κ2) is 6.97. The highest BCUT2D eigenvalue weighted by molar-refractivity contribution is 5.92. The van der Waals surface area contributed by atoms with Crippen LogP contribution in [-0.2, 0) is 9.53 Å². The van der Waals surface area contributed by atoms with Crippen LogP contribution in [0.15, 0.2) is 12.1 Å². The highest BCUT2D eigenvalue weighted by Crippen LogP contribution is 2.18. The summed E-state index contributed by atoms with van der Waals surface area (Å²) in [7, 11) is 1.51. The summed E-state index contributed by atoms with van der Waals surface area (Å²) in [5.74, 6) is -4.20. The summed E-state index contributed by atoms with van der Waals surface area (Å²) in [6, 6.07) is 1.12. The Hall–Kier alpha value is -1.60. The molecule has 0 radical (unpaired) electrons. The summed E-state index contributed by atoms with van der Waals surface area (Å²) < 4.78 is 43.6. The van der Waals surface area contributed by atoms with E-state index in [1.165, 1.54) is 7.11 Å². The molecule has 1 rings (SSSR count).